The highest BCUT2D eigenvalue weighted by Gasteiger charge is 2.34. The largest absolute Gasteiger partial charge is 0.416 e. The van der Waals surface area contributed by atoms with Gasteiger partial charge in [-0.2, -0.15) is 17.5 Å². The molecule has 1 aromatic carbocycles. The average molecular weight is 363 g/mol. The second-order valence-electron chi connectivity index (χ2n) is 4.65. The minimum absolute atomic E-state index is 0. The van der Waals surface area contributed by atoms with E-state index >= 15 is 0 Å². The maximum absolute atomic E-state index is 13.7. The zero-order chi connectivity index (χ0) is 15.7. The van der Waals surface area contributed by atoms with Gasteiger partial charge in [0.1, 0.15) is 10.7 Å². The van der Waals surface area contributed by atoms with Crippen LogP contribution in [0.15, 0.2) is 23.1 Å². The van der Waals surface area contributed by atoms with Crippen molar-refractivity contribution in [3.05, 3.63) is 29.6 Å². The third-order valence-corrected chi connectivity index (χ3v) is 5.09. The molecule has 0 aromatic heterocycles. The number of sulfonamides is 1. The van der Waals surface area contributed by atoms with Gasteiger partial charge in [-0.25, -0.2) is 12.8 Å². The highest BCUT2D eigenvalue weighted by atomic mass is 35.5. The van der Waals surface area contributed by atoms with E-state index in [2.05, 4.69) is 5.32 Å². The van der Waals surface area contributed by atoms with E-state index in [0.717, 1.165) is 4.31 Å². The first kappa shape index (κ1) is 19.1. The van der Waals surface area contributed by atoms with Crippen molar-refractivity contribution >= 4 is 22.4 Å². The van der Waals surface area contributed by atoms with Gasteiger partial charge in [0, 0.05) is 19.6 Å². The lowest BCUT2D eigenvalue weighted by atomic mass is 10.2. The van der Waals surface area contributed by atoms with Crippen LogP contribution in [0.3, 0.4) is 0 Å². The van der Waals surface area contributed by atoms with Gasteiger partial charge in [0.05, 0.1) is 5.56 Å². The fourth-order valence-corrected chi connectivity index (χ4v) is 3.65. The van der Waals surface area contributed by atoms with Gasteiger partial charge in [-0.1, -0.05) is 0 Å². The summed E-state index contributed by atoms with van der Waals surface area (Å²) in [4.78, 5) is -0.931. The molecule has 0 bridgehead atoms. The SMILES string of the molecule is Cl.O=S(=O)(c1cc(C(F)(F)F)ccc1F)N1CCCNCC1. The van der Waals surface area contributed by atoms with Gasteiger partial charge >= 0.3 is 6.18 Å². The Hall–Kier alpha value is -0.900. The van der Waals surface area contributed by atoms with Crippen LogP contribution in [0, 0.1) is 5.82 Å². The molecule has 10 heteroatoms. The van der Waals surface area contributed by atoms with E-state index in [1.165, 1.54) is 0 Å². The Kier molecular flexibility index (Phi) is 6.19. The third kappa shape index (κ3) is 4.09. The van der Waals surface area contributed by atoms with E-state index < -0.39 is 32.5 Å². The standard InChI is InChI=1S/C12H14F4N2O2S.ClH/c13-10-3-2-9(12(14,15)16)8-11(10)21(19,20)18-6-1-4-17-5-7-18;/h2-3,8,17H,1,4-7H2;1H. The summed E-state index contributed by atoms with van der Waals surface area (Å²) in [5, 5.41) is 2.97. The lowest BCUT2D eigenvalue weighted by Gasteiger charge is -2.20. The topological polar surface area (TPSA) is 49.4 Å². The molecule has 0 atom stereocenters. The van der Waals surface area contributed by atoms with Crippen LogP contribution in [-0.2, 0) is 16.2 Å². The first-order chi connectivity index (χ1) is 9.73. The molecular weight excluding hydrogens is 348 g/mol. The van der Waals surface area contributed by atoms with Crippen molar-refractivity contribution in [3.63, 3.8) is 0 Å². The zero-order valence-corrected chi connectivity index (χ0v) is 13.0. The first-order valence-corrected chi connectivity index (χ1v) is 7.74. The van der Waals surface area contributed by atoms with Crippen LogP contribution in [0.1, 0.15) is 12.0 Å². The Morgan fingerprint density at radius 1 is 1.14 bits per heavy atom. The molecule has 1 N–H and O–H groups in total. The molecule has 1 saturated heterocycles. The van der Waals surface area contributed by atoms with Crippen LogP contribution in [0.25, 0.3) is 0 Å². The third-order valence-electron chi connectivity index (χ3n) is 3.18. The molecule has 0 saturated carbocycles. The van der Waals surface area contributed by atoms with Gasteiger partial charge in [-0.15, -0.1) is 12.4 Å². The van der Waals surface area contributed by atoms with E-state index in [9.17, 15) is 26.0 Å². The van der Waals surface area contributed by atoms with Crippen molar-refractivity contribution < 1.29 is 26.0 Å². The molecule has 126 valence electrons. The molecule has 1 aromatic rings. The van der Waals surface area contributed by atoms with E-state index in [4.69, 9.17) is 0 Å². The average Bonchev–Trinajstić information content (AvgIpc) is 2.66. The Balaban J connectivity index is 0.00000242. The van der Waals surface area contributed by atoms with E-state index in [1.807, 2.05) is 0 Å². The number of alkyl halides is 3. The first-order valence-electron chi connectivity index (χ1n) is 6.30. The van der Waals surface area contributed by atoms with Crippen LogP contribution >= 0.6 is 12.4 Å². The van der Waals surface area contributed by atoms with Crippen LogP contribution < -0.4 is 5.32 Å². The summed E-state index contributed by atoms with van der Waals surface area (Å²) < 4.78 is 77.4. The molecule has 0 spiro atoms. The molecular formula is C12H15ClF4N2O2S. The normalized spacial score (nSPS) is 17.6. The van der Waals surface area contributed by atoms with Crippen molar-refractivity contribution in [2.75, 3.05) is 26.2 Å². The van der Waals surface area contributed by atoms with Gasteiger partial charge < -0.3 is 5.32 Å². The summed E-state index contributed by atoms with van der Waals surface area (Å²) in [6, 6.07) is 1.41. The van der Waals surface area contributed by atoms with Gasteiger partial charge in [-0.05, 0) is 31.2 Å². The summed E-state index contributed by atoms with van der Waals surface area (Å²) in [7, 11) is -4.28. The number of benzene rings is 1. The number of nitrogens with zero attached hydrogens (tertiary/aromatic N) is 1. The Bertz CT molecular complexity index is 614. The predicted molar refractivity (Wildman–Crippen MR) is 74.9 cm³/mol. The minimum atomic E-state index is -4.72. The summed E-state index contributed by atoms with van der Waals surface area (Å²) in [5.74, 6) is -1.18. The van der Waals surface area contributed by atoms with Gasteiger partial charge in [0.25, 0.3) is 0 Å². The predicted octanol–water partition coefficient (Wildman–Crippen LogP) is 2.25. The number of rotatable bonds is 2. The molecule has 22 heavy (non-hydrogen) atoms. The van der Waals surface area contributed by atoms with Crippen LogP contribution in [0.4, 0.5) is 17.6 Å². The summed E-state index contributed by atoms with van der Waals surface area (Å²) in [6.07, 6.45) is -4.21. The number of hydrogen-bond acceptors (Lipinski definition) is 3. The maximum Gasteiger partial charge on any atom is 0.416 e. The molecule has 1 fully saturated rings. The fraction of sp³-hybridized carbons (Fsp3) is 0.500. The molecule has 1 aliphatic heterocycles. The summed E-state index contributed by atoms with van der Waals surface area (Å²) in [5.41, 5.74) is -1.18. The molecule has 2 rings (SSSR count). The highest BCUT2D eigenvalue weighted by molar-refractivity contribution is 7.89. The van der Waals surface area contributed by atoms with E-state index in [0.29, 0.717) is 37.7 Å². The van der Waals surface area contributed by atoms with Gasteiger partial charge in [-0.3, -0.25) is 0 Å². The second kappa shape index (κ2) is 7.12. The monoisotopic (exact) mass is 362 g/mol. The minimum Gasteiger partial charge on any atom is -0.315 e. The molecule has 0 radical (unpaired) electrons. The molecule has 1 aliphatic rings. The Morgan fingerprint density at radius 3 is 2.45 bits per heavy atom. The van der Waals surface area contributed by atoms with Gasteiger partial charge in [0.15, 0.2) is 0 Å². The van der Waals surface area contributed by atoms with Crippen LogP contribution in [0.2, 0.25) is 0 Å². The quantitative estimate of drug-likeness (QED) is 0.821. The smallest absolute Gasteiger partial charge is 0.315 e. The van der Waals surface area contributed by atoms with Crippen molar-refractivity contribution in [1.29, 1.82) is 0 Å². The highest BCUT2D eigenvalue weighted by Crippen LogP contribution is 2.32. The lowest BCUT2D eigenvalue weighted by molar-refractivity contribution is -0.137. The molecule has 0 amide bonds. The van der Waals surface area contributed by atoms with Crippen LogP contribution in [0.5, 0.6) is 0 Å². The van der Waals surface area contributed by atoms with Crippen molar-refractivity contribution in [2.24, 2.45) is 0 Å². The molecule has 0 unspecified atom stereocenters. The van der Waals surface area contributed by atoms with Crippen molar-refractivity contribution in [2.45, 2.75) is 17.5 Å². The molecule has 1 heterocycles. The summed E-state index contributed by atoms with van der Waals surface area (Å²) in [6.45, 7) is 1.22. The fourth-order valence-electron chi connectivity index (χ4n) is 2.08. The van der Waals surface area contributed by atoms with Gasteiger partial charge in [0.2, 0.25) is 10.0 Å². The van der Waals surface area contributed by atoms with Crippen molar-refractivity contribution in [3.8, 4) is 0 Å². The molecule has 4 nitrogen and oxygen atoms in total. The molecule has 0 aliphatic carbocycles. The van der Waals surface area contributed by atoms with Crippen LogP contribution in [-0.4, -0.2) is 38.9 Å². The van der Waals surface area contributed by atoms with E-state index in [1.54, 1.807) is 0 Å². The Morgan fingerprint density at radius 2 is 1.82 bits per heavy atom. The summed E-state index contributed by atoms with van der Waals surface area (Å²) >= 11 is 0. The lowest BCUT2D eigenvalue weighted by Crippen LogP contribution is -2.34. The van der Waals surface area contributed by atoms with Crippen molar-refractivity contribution in [1.82, 2.24) is 9.62 Å². The number of nitrogens with one attached hydrogen (secondary N) is 1. The zero-order valence-electron chi connectivity index (χ0n) is 11.4. The number of hydrogen-bond donors (Lipinski definition) is 1. The Labute approximate surface area is 132 Å². The van der Waals surface area contributed by atoms with E-state index in [-0.39, 0.29) is 25.5 Å². The second-order valence-corrected chi connectivity index (χ2v) is 6.56. The maximum atomic E-state index is 13.7. The number of halogens is 5.